The Morgan fingerprint density at radius 3 is 2.75 bits per heavy atom. The number of carbonyl (C=O) groups is 1. The number of rotatable bonds is 4. The Kier molecular flexibility index (Phi) is 4.62. The molecule has 2 N–H and O–H groups in total. The second kappa shape index (κ2) is 6.24. The fourth-order valence-electron chi connectivity index (χ4n) is 1.68. The van der Waals surface area contributed by atoms with Gasteiger partial charge < -0.3 is 10.4 Å². The van der Waals surface area contributed by atoms with E-state index in [1.54, 1.807) is 12.1 Å². The zero-order valence-electron chi connectivity index (χ0n) is 10.7. The smallest absolute Gasteiger partial charge is 0.335 e. The minimum atomic E-state index is -0.973. The molecule has 0 radical (unpaired) electrons. The van der Waals surface area contributed by atoms with Crippen LogP contribution in [0.2, 0.25) is 5.02 Å². The SMILES string of the molecule is CCc1cc(C(=O)O)cc(Nc2ccc(Br)c(Cl)c2)n1. The molecule has 0 aliphatic carbocycles. The summed E-state index contributed by atoms with van der Waals surface area (Å²) >= 11 is 9.33. The average molecular weight is 356 g/mol. The molecule has 1 heterocycles. The van der Waals surface area contributed by atoms with E-state index in [-0.39, 0.29) is 5.56 Å². The van der Waals surface area contributed by atoms with Crippen molar-refractivity contribution < 1.29 is 9.90 Å². The Hall–Kier alpha value is -1.59. The highest BCUT2D eigenvalue weighted by molar-refractivity contribution is 9.10. The summed E-state index contributed by atoms with van der Waals surface area (Å²) in [6.07, 6.45) is 0.664. The highest BCUT2D eigenvalue weighted by atomic mass is 79.9. The number of hydrogen-bond donors (Lipinski definition) is 2. The van der Waals surface area contributed by atoms with Gasteiger partial charge in [-0.15, -0.1) is 0 Å². The first kappa shape index (κ1) is 14.8. The van der Waals surface area contributed by atoms with Crippen LogP contribution in [-0.2, 0) is 6.42 Å². The molecule has 0 spiro atoms. The van der Waals surface area contributed by atoms with Crippen molar-refractivity contribution >= 4 is 45.0 Å². The predicted molar refractivity (Wildman–Crippen MR) is 83.0 cm³/mol. The molecule has 4 nitrogen and oxygen atoms in total. The van der Waals surface area contributed by atoms with Gasteiger partial charge in [-0.2, -0.15) is 0 Å². The number of halogens is 2. The van der Waals surface area contributed by atoms with E-state index in [2.05, 4.69) is 26.2 Å². The molecule has 0 fully saturated rings. The quantitative estimate of drug-likeness (QED) is 0.847. The Morgan fingerprint density at radius 1 is 1.40 bits per heavy atom. The number of hydrogen-bond acceptors (Lipinski definition) is 3. The van der Waals surface area contributed by atoms with Gasteiger partial charge >= 0.3 is 5.97 Å². The molecule has 0 saturated heterocycles. The first-order valence-electron chi connectivity index (χ1n) is 5.96. The number of aromatic carboxylic acids is 1. The largest absolute Gasteiger partial charge is 0.478 e. The van der Waals surface area contributed by atoms with E-state index < -0.39 is 5.97 Å². The Morgan fingerprint density at radius 2 is 2.15 bits per heavy atom. The fourth-order valence-corrected chi connectivity index (χ4v) is 2.11. The van der Waals surface area contributed by atoms with E-state index >= 15 is 0 Å². The molecule has 2 rings (SSSR count). The minimum absolute atomic E-state index is 0.211. The minimum Gasteiger partial charge on any atom is -0.478 e. The van der Waals surface area contributed by atoms with Gasteiger partial charge in [-0.1, -0.05) is 18.5 Å². The third-order valence-electron chi connectivity index (χ3n) is 2.68. The van der Waals surface area contributed by atoms with Gasteiger partial charge in [-0.25, -0.2) is 9.78 Å². The van der Waals surface area contributed by atoms with Gasteiger partial charge in [0.05, 0.1) is 10.6 Å². The van der Waals surface area contributed by atoms with Crippen LogP contribution in [0.1, 0.15) is 23.0 Å². The van der Waals surface area contributed by atoms with Crippen LogP contribution < -0.4 is 5.32 Å². The number of carboxylic acids is 1. The summed E-state index contributed by atoms with van der Waals surface area (Å²) in [6.45, 7) is 1.92. The molecule has 20 heavy (non-hydrogen) atoms. The average Bonchev–Trinajstić information content (AvgIpc) is 2.42. The molecule has 0 aliphatic heterocycles. The number of nitrogens with one attached hydrogen (secondary N) is 1. The lowest BCUT2D eigenvalue weighted by Gasteiger charge is -2.09. The van der Waals surface area contributed by atoms with Crippen molar-refractivity contribution in [3.05, 3.63) is 51.1 Å². The van der Waals surface area contributed by atoms with Crippen molar-refractivity contribution in [1.29, 1.82) is 0 Å². The highest BCUT2D eigenvalue weighted by Gasteiger charge is 2.08. The molecule has 2 aromatic rings. The maximum atomic E-state index is 11.1. The van der Waals surface area contributed by atoms with Crippen LogP contribution in [0.4, 0.5) is 11.5 Å². The third-order valence-corrected chi connectivity index (χ3v) is 3.91. The summed E-state index contributed by atoms with van der Waals surface area (Å²) < 4.78 is 0.797. The molecule has 6 heteroatoms. The Bertz CT molecular complexity index is 662. The van der Waals surface area contributed by atoms with Crippen LogP contribution in [0.25, 0.3) is 0 Å². The van der Waals surface area contributed by atoms with Crippen LogP contribution in [-0.4, -0.2) is 16.1 Å². The molecule has 0 unspecified atom stereocenters. The molecule has 1 aromatic heterocycles. The molecule has 0 aliphatic rings. The van der Waals surface area contributed by atoms with Crippen molar-refractivity contribution in [2.75, 3.05) is 5.32 Å². The third kappa shape index (κ3) is 3.49. The zero-order chi connectivity index (χ0) is 14.7. The normalized spacial score (nSPS) is 10.3. The first-order valence-corrected chi connectivity index (χ1v) is 7.13. The Balaban J connectivity index is 2.34. The van der Waals surface area contributed by atoms with Gasteiger partial charge in [-0.05, 0) is 52.7 Å². The fraction of sp³-hybridized carbons (Fsp3) is 0.143. The lowest BCUT2D eigenvalue weighted by atomic mass is 10.2. The number of aromatic nitrogens is 1. The van der Waals surface area contributed by atoms with Crippen LogP contribution in [0.15, 0.2) is 34.8 Å². The van der Waals surface area contributed by atoms with E-state index in [1.807, 2.05) is 19.1 Å². The van der Waals surface area contributed by atoms with E-state index in [0.29, 0.717) is 17.3 Å². The van der Waals surface area contributed by atoms with Gasteiger partial charge in [0.1, 0.15) is 5.82 Å². The van der Waals surface area contributed by atoms with Crippen molar-refractivity contribution in [3.8, 4) is 0 Å². The highest BCUT2D eigenvalue weighted by Crippen LogP contribution is 2.27. The van der Waals surface area contributed by atoms with Crippen LogP contribution in [0.3, 0.4) is 0 Å². The van der Waals surface area contributed by atoms with Gasteiger partial charge in [0.2, 0.25) is 0 Å². The molecular formula is C14H12BrClN2O2. The van der Waals surface area contributed by atoms with Gasteiger partial charge in [-0.3, -0.25) is 0 Å². The predicted octanol–water partition coefficient (Wildman–Crippen LogP) is 4.50. The summed E-state index contributed by atoms with van der Waals surface area (Å²) in [6, 6.07) is 8.45. The van der Waals surface area contributed by atoms with E-state index in [1.165, 1.54) is 6.07 Å². The summed E-state index contributed by atoms with van der Waals surface area (Å²) in [5, 5.41) is 12.7. The summed E-state index contributed by atoms with van der Waals surface area (Å²) in [5.41, 5.74) is 1.67. The zero-order valence-corrected chi connectivity index (χ0v) is 13.0. The lowest BCUT2D eigenvalue weighted by Crippen LogP contribution is -2.03. The summed E-state index contributed by atoms with van der Waals surface area (Å²) in [5.74, 6) is -0.487. The van der Waals surface area contributed by atoms with E-state index in [0.717, 1.165) is 15.9 Å². The number of aryl methyl sites for hydroxylation is 1. The van der Waals surface area contributed by atoms with Crippen LogP contribution >= 0.6 is 27.5 Å². The number of nitrogens with zero attached hydrogens (tertiary/aromatic N) is 1. The van der Waals surface area contributed by atoms with Gasteiger partial charge in [0.15, 0.2) is 0 Å². The maximum Gasteiger partial charge on any atom is 0.335 e. The van der Waals surface area contributed by atoms with Crippen LogP contribution in [0.5, 0.6) is 0 Å². The van der Waals surface area contributed by atoms with Crippen molar-refractivity contribution in [1.82, 2.24) is 4.98 Å². The molecule has 0 saturated carbocycles. The number of benzene rings is 1. The van der Waals surface area contributed by atoms with Crippen molar-refractivity contribution in [2.45, 2.75) is 13.3 Å². The topological polar surface area (TPSA) is 62.2 Å². The Labute approximate surface area is 129 Å². The number of carboxylic acid groups (broad SMARTS) is 1. The number of pyridine rings is 1. The van der Waals surface area contributed by atoms with E-state index in [4.69, 9.17) is 16.7 Å². The first-order chi connectivity index (χ1) is 9.49. The summed E-state index contributed by atoms with van der Waals surface area (Å²) in [7, 11) is 0. The molecule has 0 atom stereocenters. The second-order valence-corrected chi connectivity index (χ2v) is 5.41. The van der Waals surface area contributed by atoms with E-state index in [9.17, 15) is 4.79 Å². The van der Waals surface area contributed by atoms with Crippen LogP contribution in [0, 0.1) is 0 Å². The van der Waals surface area contributed by atoms with Crippen molar-refractivity contribution in [2.24, 2.45) is 0 Å². The van der Waals surface area contributed by atoms with Crippen molar-refractivity contribution in [3.63, 3.8) is 0 Å². The van der Waals surface area contributed by atoms with Gasteiger partial charge in [0, 0.05) is 15.9 Å². The monoisotopic (exact) mass is 354 g/mol. The summed E-state index contributed by atoms with van der Waals surface area (Å²) in [4.78, 5) is 15.4. The molecular weight excluding hydrogens is 344 g/mol. The lowest BCUT2D eigenvalue weighted by molar-refractivity contribution is 0.0696. The molecule has 0 bridgehead atoms. The standard InChI is InChI=1S/C14H12BrClN2O2/c1-2-9-5-8(14(19)20)6-13(17-9)18-10-3-4-11(15)12(16)7-10/h3-7H,2H2,1H3,(H,17,18)(H,19,20). The maximum absolute atomic E-state index is 11.1. The molecule has 0 amide bonds. The molecule has 104 valence electrons. The number of anilines is 2. The van der Waals surface area contributed by atoms with Gasteiger partial charge in [0.25, 0.3) is 0 Å². The molecule has 1 aromatic carbocycles. The second-order valence-electron chi connectivity index (χ2n) is 4.14.